The van der Waals surface area contributed by atoms with Crippen molar-refractivity contribution in [2.75, 3.05) is 10.7 Å². The zero-order valence-electron chi connectivity index (χ0n) is 12.4. The van der Waals surface area contributed by atoms with E-state index in [2.05, 4.69) is 26.0 Å². The van der Waals surface area contributed by atoms with Crippen molar-refractivity contribution in [3.8, 4) is 0 Å². The van der Waals surface area contributed by atoms with Crippen molar-refractivity contribution in [2.24, 2.45) is 5.84 Å². The van der Waals surface area contributed by atoms with Crippen LogP contribution in [0.25, 0.3) is 0 Å². The van der Waals surface area contributed by atoms with Gasteiger partial charge in [-0.3, -0.25) is 14.9 Å². The van der Waals surface area contributed by atoms with E-state index in [1.165, 1.54) is 0 Å². The highest BCUT2D eigenvalue weighted by atomic mass is 16.2. The molecule has 0 bridgehead atoms. The number of aromatic nitrogens is 2. The van der Waals surface area contributed by atoms with Crippen LogP contribution in [-0.2, 0) is 15.0 Å². The molecule has 1 unspecified atom stereocenters. The fourth-order valence-corrected chi connectivity index (χ4v) is 1.94. The first kappa shape index (κ1) is 15.2. The Balaban J connectivity index is 2.23. The molecular formula is C13H20N6O2. The number of piperidine rings is 1. The van der Waals surface area contributed by atoms with Crippen molar-refractivity contribution < 1.29 is 9.59 Å². The summed E-state index contributed by atoms with van der Waals surface area (Å²) in [7, 11) is 0. The topological polar surface area (TPSA) is 122 Å². The molecule has 1 atom stereocenters. The second kappa shape index (κ2) is 5.65. The van der Waals surface area contributed by atoms with Gasteiger partial charge in [0.15, 0.2) is 0 Å². The third-order valence-electron chi connectivity index (χ3n) is 3.11. The van der Waals surface area contributed by atoms with Gasteiger partial charge >= 0.3 is 0 Å². The van der Waals surface area contributed by atoms with Crippen molar-refractivity contribution in [2.45, 2.75) is 45.1 Å². The number of hydrogen-bond donors (Lipinski definition) is 4. The number of imide groups is 1. The number of hydrogen-bond acceptors (Lipinski definition) is 7. The number of amides is 2. The summed E-state index contributed by atoms with van der Waals surface area (Å²) in [6.45, 7) is 5.95. The average Bonchev–Trinajstić information content (AvgIpc) is 2.40. The molecule has 1 aromatic rings. The van der Waals surface area contributed by atoms with Gasteiger partial charge in [-0.05, 0) is 6.42 Å². The van der Waals surface area contributed by atoms with E-state index in [0.717, 1.165) is 0 Å². The summed E-state index contributed by atoms with van der Waals surface area (Å²) in [6.07, 6.45) is 0.744. The number of carbonyl (C=O) groups is 2. The molecule has 1 aliphatic rings. The zero-order chi connectivity index (χ0) is 15.6. The Bertz CT molecular complexity index is 566. The Morgan fingerprint density at radius 3 is 2.52 bits per heavy atom. The van der Waals surface area contributed by atoms with Crippen molar-refractivity contribution in [1.82, 2.24) is 15.3 Å². The molecule has 8 heteroatoms. The summed E-state index contributed by atoms with van der Waals surface area (Å²) < 4.78 is 0. The van der Waals surface area contributed by atoms with E-state index in [9.17, 15) is 9.59 Å². The first-order valence-corrected chi connectivity index (χ1v) is 6.76. The second-order valence-corrected chi connectivity index (χ2v) is 6.00. The maximum absolute atomic E-state index is 11.8. The predicted octanol–water partition coefficient (Wildman–Crippen LogP) is 0.277. The molecule has 0 spiro atoms. The van der Waals surface area contributed by atoms with Gasteiger partial charge in [-0.15, -0.1) is 0 Å². The van der Waals surface area contributed by atoms with Gasteiger partial charge in [-0.2, -0.15) is 0 Å². The number of hydrazine groups is 1. The first-order chi connectivity index (χ1) is 9.79. The molecular weight excluding hydrogens is 272 g/mol. The molecule has 2 amide bonds. The molecule has 5 N–H and O–H groups in total. The van der Waals surface area contributed by atoms with Crippen LogP contribution in [0, 0.1) is 0 Å². The lowest BCUT2D eigenvalue weighted by Gasteiger charge is -2.24. The monoisotopic (exact) mass is 292 g/mol. The van der Waals surface area contributed by atoms with E-state index in [1.54, 1.807) is 6.07 Å². The number of carbonyl (C=O) groups excluding carboxylic acids is 2. The minimum Gasteiger partial charge on any atom is -0.358 e. The van der Waals surface area contributed by atoms with E-state index < -0.39 is 6.04 Å². The maximum atomic E-state index is 11.8. The summed E-state index contributed by atoms with van der Waals surface area (Å²) in [5.41, 5.74) is 2.23. The highest BCUT2D eigenvalue weighted by Gasteiger charge is 2.27. The van der Waals surface area contributed by atoms with Gasteiger partial charge in [0.2, 0.25) is 11.8 Å². The van der Waals surface area contributed by atoms with Crippen molar-refractivity contribution in [1.29, 1.82) is 0 Å². The molecule has 0 radical (unpaired) electrons. The van der Waals surface area contributed by atoms with Gasteiger partial charge in [0, 0.05) is 17.9 Å². The molecule has 1 aliphatic heterocycles. The smallest absolute Gasteiger partial charge is 0.249 e. The van der Waals surface area contributed by atoms with Crippen LogP contribution in [0.5, 0.6) is 0 Å². The Hall–Kier alpha value is -2.22. The number of nitrogens with zero attached hydrogens (tertiary/aromatic N) is 2. The van der Waals surface area contributed by atoms with E-state index in [1.807, 2.05) is 20.8 Å². The lowest BCUT2D eigenvalue weighted by atomic mass is 9.96. The Labute approximate surface area is 122 Å². The third-order valence-corrected chi connectivity index (χ3v) is 3.11. The Kier molecular flexibility index (Phi) is 4.08. The second-order valence-electron chi connectivity index (χ2n) is 6.00. The fraction of sp³-hybridized carbons (Fsp3) is 0.538. The Morgan fingerprint density at radius 1 is 1.29 bits per heavy atom. The number of nitrogen functional groups attached to an aromatic ring is 1. The van der Waals surface area contributed by atoms with Crippen molar-refractivity contribution in [3.63, 3.8) is 0 Å². The van der Waals surface area contributed by atoms with Crippen LogP contribution in [-0.4, -0.2) is 27.8 Å². The minimum absolute atomic E-state index is 0.250. The molecule has 114 valence electrons. The molecule has 21 heavy (non-hydrogen) atoms. The molecule has 0 aliphatic carbocycles. The van der Waals surface area contributed by atoms with E-state index >= 15 is 0 Å². The number of nitrogens with one attached hydrogen (secondary N) is 3. The summed E-state index contributed by atoms with van der Waals surface area (Å²) in [4.78, 5) is 31.6. The quantitative estimate of drug-likeness (QED) is 0.358. The van der Waals surface area contributed by atoms with Crippen LogP contribution in [0.3, 0.4) is 0 Å². The largest absolute Gasteiger partial charge is 0.358 e. The fourth-order valence-electron chi connectivity index (χ4n) is 1.94. The third kappa shape index (κ3) is 3.66. The normalized spacial score (nSPS) is 19.1. The standard InChI is InChI=1S/C13H20N6O2/c1-13(2,3)12-16-8(6-9(17-12)19-14)15-7-4-5-10(20)18-11(7)21/h6-7H,4-5,14H2,1-3H3,(H,18,20,21)(H2,15,16,17,19). The van der Waals surface area contributed by atoms with Crippen molar-refractivity contribution >= 4 is 23.5 Å². The summed E-state index contributed by atoms with van der Waals surface area (Å²) in [5, 5.41) is 5.33. The van der Waals surface area contributed by atoms with Gasteiger partial charge in [-0.1, -0.05) is 20.8 Å². The molecule has 1 saturated heterocycles. The van der Waals surface area contributed by atoms with Crippen molar-refractivity contribution in [3.05, 3.63) is 11.9 Å². The highest BCUT2D eigenvalue weighted by Crippen LogP contribution is 2.23. The first-order valence-electron chi connectivity index (χ1n) is 6.76. The zero-order valence-corrected chi connectivity index (χ0v) is 12.4. The molecule has 2 rings (SSSR count). The molecule has 1 aromatic heterocycles. The van der Waals surface area contributed by atoms with E-state index in [0.29, 0.717) is 30.3 Å². The number of nitrogens with two attached hydrogens (primary N) is 1. The number of rotatable bonds is 3. The van der Waals surface area contributed by atoms with Crippen LogP contribution in [0.2, 0.25) is 0 Å². The summed E-state index contributed by atoms with van der Waals surface area (Å²) in [6, 6.07) is 1.13. The maximum Gasteiger partial charge on any atom is 0.249 e. The highest BCUT2D eigenvalue weighted by molar-refractivity contribution is 6.01. The molecule has 1 fully saturated rings. The molecule has 0 aromatic carbocycles. The SMILES string of the molecule is CC(C)(C)c1nc(NN)cc(NC2CCC(=O)NC2=O)n1. The minimum atomic E-state index is -0.490. The summed E-state index contributed by atoms with van der Waals surface area (Å²) in [5.74, 6) is 6.39. The van der Waals surface area contributed by atoms with E-state index in [-0.39, 0.29) is 17.2 Å². The van der Waals surface area contributed by atoms with Gasteiger partial charge in [0.05, 0.1) is 0 Å². The summed E-state index contributed by atoms with van der Waals surface area (Å²) >= 11 is 0. The van der Waals surface area contributed by atoms with Crippen LogP contribution in [0.15, 0.2) is 6.07 Å². The molecule has 8 nitrogen and oxygen atoms in total. The number of anilines is 2. The lowest BCUT2D eigenvalue weighted by molar-refractivity contribution is -0.133. The van der Waals surface area contributed by atoms with Crippen LogP contribution in [0.4, 0.5) is 11.6 Å². The Morgan fingerprint density at radius 2 is 1.95 bits per heavy atom. The van der Waals surface area contributed by atoms with Gasteiger partial charge < -0.3 is 10.7 Å². The molecule has 2 heterocycles. The van der Waals surface area contributed by atoms with Crippen LogP contribution >= 0.6 is 0 Å². The van der Waals surface area contributed by atoms with Gasteiger partial charge in [0.1, 0.15) is 23.5 Å². The average molecular weight is 292 g/mol. The predicted molar refractivity (Wildman–Crippen MR) is 78.3 cm³/mol. The van der Waals surface area contributed by atoms with E-state index in [4.69, 9.17) is 5.84 Å². The lowest BCUT2D eigenvalue weighted by Crippen LogP contribution is -2.47. The van der Waals surface area contributed by atoms with Crippen LogP contribution in [0.1, 0.15) is 39.4 Å². The molecule has 0 saturated carbocycles. The van der Waals surface area contributed by atoms with Gasteiger partial charge in [0.25, 0.3) is 0 Å². The van der Waals surface area contributed by atoms with Gasteiger partial charge in [-0.25, -0.2) is 15.8 Å². The van der Waals surface area contributed by atoms with Crippen LogP contribution < -0.4 is 21.9 Å².